The molecule has 0 aliphatic carbocycles. The number of hydrogen-bond acceptors (Lipinski definition) is 3. The third kappa shape index (κ3) is 5.68. The minimum atomic E-state index is -0.256. The molecule has 0 bridgehead atoms. The van der Waals surface area contributed by atoms with Crippen molar-refractivity contribution in [2.75, 3.05) is 13.1 Å². The van der Waals surface area contributed by atoms with Gasteiger partial charge in [0.05, 0.1) is 0 Å². The fraction of sp³-hybridized carbons (Fsp3) is 0.643. The Hall–Kier alpha value is -1.65. The molecular formula is C14H22N2O3. The van der Waals surface area contributed by atoms with Crippen molar-refractivity contribution in [3.05, 3.63) is 12.2 Å². The summed E-state index contributed by atoms with van der Waals surface area (Å²) in [7, 11) is 0. The Morgan fingerprint density at radius 3 is 2.42 bits per heavy atom. The van der Waals surface area contributed by atoms with Crippen LogP contribution in [0.3, 0.4) is 0 Å². The van der Waals surface area contributed by atoms with Crippen LogP contribution in [0.2, 0.25) is 0 Å². The molecule has 3 amide bonds. The average Bonchev–Trinajstić information content (AvgIpc) is 2.71. The monoisotopic (exact) mass is 266 g/mol. The van der Waals surface area contributed by atoms with E-state index in [-0.39, 0.29) is 17.7 Å². The summed E-state index contributed by atoms with van der Waals surface area (Å²) in [6.07, 6.45) is 7.67. The average molecular weight is 266 g/mol. The van der Waals surface area contributed by atoms with Crippen LogP contribution in [0.1, 0.15) is 45.4 Å². The van der Waals surface area contributed by atoms with Crippen LogP contribution >= 0.6 is 0 Å². The third-order valence-electron chi connectivity index (χ3n) is 3.04. The molecule has 0 atom stereocenters. The fourth-order valence-electron chi connectivity index (χ4n) is 1.90. The Labute approximate surface area is 114 Å². The number of nitrogens with one attached hydrogen (secondary N) is 1. The third-order valence-corrected chi connectivity index (χ3v) is 3.04. The lowest BCUT2D eigenvalue weighted by atomic mass is 10.2. The number of imide groups is 1. The van der Waals surface area contributed by atoms with E-state index in [0.717, 1.165) is 25.8 Å². The van der Waals surface area contributed by atoms with E-state index in [0.29, 0.717) is 25.8 Å². The van der Waals surface area contributed by atoms with Crippen LogP contribution in [0.25, 0.3) is 0 Å². The lowest BCUT2D eigenvalue weighted by molar-refractivity contribution is -0.136. The molecule has 0 aromatic heterocycles. The molecule has 19 heavy (non-hydrogen) atoms. The van der Waals surface area contributed by atoms with Crippen molar-refractivity contribution >= 4 is 17.7 Å². The molecule has 1 aliphatic rings. The molecular weight excluding hydrogens is 244 g/mol. The Morgan fingerprint density at radius 2 is 1.79 bits per heavy atom. The van der Waals surface area contributed by atoms with Gasteiger partial charge in [0.1, 0.15) is 0 Å². The van der Waals surface area contributed by atoms with Crippen LogP contribution in [-0.2, 0) is 14.4 Å². The SMILES string of the molecule is CCCCCNC(=O)CCCCN1C(=O)C=CC1=O. The topological polar surface area (TPSA) is 66.5 Å². The second-order valence-electron chi connectivity index (χ2n) is 4.68. The highest BCUT2D eigenvalue weighted by Crippen LogP contribution is 2.06. The highest BCUT2D eigenvalue weighted by Gasteiger charge is 2.22. The summed E-state index contributed by atoms with van der Waals surface area (Å²) in [5.74, 6) is -0.462. The van der Waals surface area contributed by atoms with Gasteiger partial charge in [0.15, 0.2) is 0 Å². The summed E-state index contributed by atoms with van der Waals surface area (Å²) in [5, 5.41) is 2.86. The van der Waals surface area contributed by atoms with E-state index in [1.54, 1.807) is 0 Å². The van der Waals surface area contributed by atoms with Gasteiger partial charge in [0, 0.05) is 31.7 Å². The number of amides is 3. The van der Waals surface area contributed by atoms with Gasteiger partial charge < -0.3 is 5.32 Å². The number of nitrogens with zero attached hydrogens (tertiary/aromatic N) is 1. The van der Waals surface area contributed by atoms with Gasteiger partial charge in [-0.25, -0.2) is 0 Å². The number of unbranched alkanes of at least 4 members (excludes halogenated alkanes) is 3. The maximum Gasteiger partial charge on any atom is 0.253 e. The van der Waals surface area contributed by atoms with E-state index in [9.17, 15) is 14.4 Å². The van der Waals surface area contributed by atoms with Gasteiger partial charge in [-0.15, -0.1) is 0 Å². The summed E-state index contributed by atoms with van der Waals surface area (Å²) >= 11 is 0. The molecule has 1 heterocycles. The first-order valence-electron chi connectivity index (χ1n) is 6.95. The largest absolute Gasteiger partial charge is 0.356 e. The number of carbonyl (C=O) groups is 3. The normalized spacial score (nSPS) is 14.3. The van der Waals surface area contributed by atoms with E-state index in [4.69, 9.17) is 0 Å². The van der Waals surface area contributed by atoms with Gasteiger partial charge >= 0.3 is 0 Å². The number of carbonyl (C=O) groups excluding carboxylic acids is 3. The van der Waals surface area contributed by atoms with Crippen molar-refractivity contribution in [2.45, 2.75) is 45.4 Å². The van der Waals surface area contributed by atoms with E-state index in [2.05, 4.69) is 12.2 Å². The summed E-state index contributed by atoms with van der Waals surface area (Å²) in [5.41, 5.74) is 0. The van der Waals surface area contributed by atoms with Gasteiger partial charge in [-0.1, -0.05) is 19.8 Å². The predicted octanol–water partition coefficient (Wildman–Crippen LogP) is 1.39. The zero-order valence-corrected chi connectivity index (χ0v) is 11.5. The zero-order chi connectivity index (χ0) is 14.1. The maximum atomic E-state index is 11.5. The van der Waals surface area contributed by atoms with Gasteiger partial charge in [-0.3, -0.25) is 19.3 Å². The molecule has 1 N–H and O–H groups in total. The molecule has 0 saturated carbocycles. The maximum absolute atomic E-state index is 11.5. The molecule has 5 nitrogen and oxygen atoms in total. The highest BCUT2D eigenvalue weighted by atomic mass is 16.2. The standard InChI is InChI=1S/C14H22N2O3/c1-2-3-5-10-15-12(17)7-4-6-11-16-13(18)8-9-14(16)19/h8-9H,2-7,10-11H2,1H3,(H,15,17). The van der Waals surface area contributed by atoms with Gasteiger partial charge in [0.25, 0.3) is 11.8 Å². The quantitative estimate of drug-likeness (QED) is 0.506. The Kier molecular flexibility index (Phi) is 6.85. The lowest BCUT2D eigenvalue weighted by Gasteiger charge is -2.13. The number of rotatable bonds is 9. The predicted molar refractivity (Wildman–Crippen MR) is 72.2 cm³/mol. The van der Waals surface area contributed by atoms with E-state index in [1.165, 1.54) is 17.1 Å². The Balaban J connectivity index is 2.03. The van der Waals surface area contributed by atoms with E-state index < -0.39 is 0 Å². The molecule has 106 valence electrons. The molecule has 0 fully saturated rings. The first-order chi connectivity index (χ1) is 9.15. The molecule has 0 radical (unpaired) electrons. The zero-order valence-electron chi connectivity index (χ0n) is 11.5. The molecule has 0 aromatic carbocycles. The summed E-state index contributed by atoms with van der Waals surface area (Å²) in [6.45, 7) is 3.26. The van der Waals surface area contributed by atoms with Crippen molar-refractivity contribution in [3.8, 4) is 0 Å². The lowest BCUT2D eigenvalue weighted by Crippen LogP contribution is -2.31. The second kappa shape index (κ2) is 8.45. The van der Waals surface area contributed by atoms with Crippen molar-refractivity contribution in [1.82, 2.24) is 10.2 Å². The van der Waals surface area contributed by atoms with Crippen LogP contribution < -0.4 is 5.32 Å². The molecule has 0 saturated heterocycles. The Morgan fingerprint density at radius 1 is 1.11 bits per heavy atom. The van der Waals surface area contributed by atoms with Gasteiger partial charge in [-0.05, 0) is 19.3 Å². The van der Waals surface area contributed by atoms with Crippen LogP contribution in [0.5, 0.6) is 0 Å². The summed E-state index contributed by atoms with van der Waals surface area (Å²) < 4.78 is 0. The van der Waals surface area contributed by atoms with Crippen molar-refractivity contribution in [1.29, 1.82) is 0 Å². The molecule has 1 rings (SSSR count). The Bertz CT molecular complexity index is 346. The second-order valence-corrected chi connectivity index (χ2v) is 4.68. The molecule has 0 aromatic rings. The van der Waals surface area contributed by atoms with Crippen LogP contribution in [0.15, 0.2) is 12.2 Å². The first-order valence-corrected chi connectivity index (χ1v) is 6.95. The fourth-order valence-corrected chi connectivity index (χ4v) is 1.90. The van der Waals surface area contributed by atoms with Crippen molar-refractivity contribution in [3.63, 3.8) is 0 Å². The van der Waals surface area contributed by atoms with Crippen molar-refractivity contribution in [2.24, 2.45) is 0 Å². The minimum Gasteiger partial charge on any atom is -0.356 e. The number of hydrogen-bond donors (Lipinski definition) is 1. The summed E-state index contributed by atoms with van der Waals surface area (Å²) in [6, 6.07) is 0. The van der Waals surface area contributed by atoms with Gasteiger partial charge in [-0.2, -0.15) is 0 Å². The summed E-state index contributed by atoms with van der Waals surface area (Å²) in [4.78, 5) is 35.2. The minimum absolute atomic E-state index is 0.0494. The van der Waals surface area contributed by atoms with E-state index >= 15 is 0 Å². The van der Waals surface area contributed by atoms with E-state index in [1.807, 2.05) is 0 Å². The molecule has 1 aliphatic heterocycles. The molecule has 0 unspecified atom stereocenters. The highest BCUT2D eigenvalue weighted by molar-refractivity contribution is 6.12. The molecule has 0 spiro atoms. The van der Waals surface area contributed by atoms with Crippen LogP contribution in [0.4, 0.5) is 0 Å². The van der Waals surface area contributed by atoms with Gasteiger partial charge in [0.2, 0.25) is 5.91 Å². The van der Waals surface area contributed by atoms with Crippen LogP contribution in [-0.4, -0.2) is 35.7 Å². The van der Waals surface area contributed by atoms with Crippen molar-refractivity contribution < 1.29 is 14.4 Å². The first kappa shape index (κ1) is 15.4. The van der Waals surface area contributed by atoms with Crippen LogP contribution in [0, 0.1) is 0 Å². The molecule has 5 heteroatoms. The smallest absolute Gasteiger partial charge is 0.253 e.